The molecule has 0 aliphatic rings. The van der Waals surface area contributed by atoms with Crippen LogP contribution >= 0.6 is 0 Å². The minimum absolute atomic E-state index is 0.0121. The first-order valence-corrected chi connectivity index (χ1v) is 14.2. The number of hydrogen-bond donors (Lipinski definition) is 3. The lowest BCUT2D eigenvalue weighted by Gasteiger charge is -2.28. The van der Waals surface area contributed by atoms with Crippen molar-refractivity contribution in [2.24, 2.45) is 0 Å². The number of phenols is 2. The maximum absolute atomic E-state index is 12.6. The molecule has 0 saturated heterocycles. The van der Waals surface area contributed by atoms with E-state index in [1.807, 2.05) is 12.1 Å². The van der Waals surface area contributed by atoms with Gasteiger partial charge >= 0.3 is 0 Å². The first-order valence-electron chi connectivity index (χ1n) is 14.2. The summed E-state index contributed by atoms with van der Waals surface area (Å²) >= 11 is 0. The molecule has 2 rings (SSSR count). The number of rotatable bonds is 13. The quantitative estimate of drug-likeness (QED) is 0.182. The van der Waals surface area contributed by atoms with Gasteiger partial charge in [0.05, 0.1) is 13.2 Å². The predicted molar refractivity (Wildman–Crippen MR) is 160 cm³/mol. The smallest absolute Gasteiger partial charge is 0.244 e. The maximum atomic E-state index is 12.6. The SMILES string of the molecule is CCCCOc1cc(/C=C/C(=O)NCCc2cc(C(C)(C)C)c(O)c(C(C)(C)C)c2)cc(OCCCC)c1O. The fraction of sp³-hybridized carbons (Fsp3) is 0.545. The van der Waals surface area contributed by atoms with Gasteiger partial charge in [-0.3, -0.25) is 4.79 Å². The van der Waals surface area contributed by atoms with E-state index >= 15 is 0 Å². The van der Waals surface area contributed by atoms with Crippen LogP contribution in [0.15, 0.2) is 30.3 Å². The van der Waals surface area contributed by atoms with Gasteiger partial charge in [0.2, 0.25) is 11.7 Å². The van der Waals surface area contributed by atoms with Crippen LogP contribution in [0.1, 0.15) is 103 Å². The number of amides is 1. The van der Waals surface area contributed by atoms with Crippen LogP contribution in [0.4, 0.5) is 0 Å². The van der Waals surface area contributed by atoms with Crippen molar-refractivity contribution < 1.29 is 24.5 Å². The number of ether oxygens (including phenoxy) is 2. The summed E-state index contributed by atoms with van der Waals surface area (Å²) in [5, 5.41) is 24.5. The van der Waals surface area contributed by atoms with Gasteiger partial charge in [-0.05, 0) is 70.6 Å². The second-order valence-corrected chi connectivity index (χ2v) is 12.2. The first kappa shape index (κ1) is 32.1. The van der Waals surface area contributed by atoms with Gasteiger partial charge < -0.3 is 25.0 Å². The molecule has 0 aromatic heterocycles. The van der Waals surface area contributed by atoms with E-state index in [1.165, 1.54) is 6.08 Å². The van der Waals surface area contributed by atoms with Crippen molar-refractivity contribution in [3.05, 3.63) is 52.6 Å². The molecule has 0 spiro atoms. The van der Waals surface area contributed by atoms with Gasteiger partial charge in [0.15, 0.2) is 11.5 Å². The molecule has 0 aliphatic carbocycles. The fourth-order valence-electron chi connectivity index (χ4n) is 4.11. The van der Waals surface area contributed by atoms with Gasteiger partial charge in [0.1, 0.15) is 5.75 Å². The van der Waals surface area contributed by atoms with Gasteiger partial charge in [0, 0.05) is 12.6 Å². The normalized spacial score (nSPS) is 12.1. The summed E-state index contributed by atoms with van der Waals surface area (Å²) in [7, 11) is 0. The Morgan fingerprint density at radius 3 is 1.74 bits per heavy atom. The Morgan fingerprint density at radius 2 is 1.31 bits per heavy atom. The second-order valence-electron chi connectivity index (χ2n) is 12.2. The van der Waals surface area contributed by atoms with Crippen molar-refractivity contribution in [2.75, 3.05) is 19.8 Å². The lowest BCUT2D eigenvalue weighted by Crippen LogP contribution is -2.24. The second kappa shape index (κ2) is 14.3. The molecule has 0 bridgehead atoms. The molecular formula is C33H49NO5. The number of hydrogen-bond acceptors (Lipinski definition) is 5. The average Bonchev–Trinajstić information content (AvgIpc) is 2.84. The Morgan fingerprint density at radius 1 is 0.821 bits per heavy atom. The van der Waals surface area contributed by atoms with Crippen molar-refractivity contribution in [3.8, 4) is 23.0 Å². The van der Waals surface area contributed by atoms with Crippen molar-refractivity contribution in [1.29, 1.82) is 0 Å². The summed E-state index contributed by atoms with van der Waals surface area (Å²) in [5.41, 5.74) is 3.22. The van der Waals surface area contributed by atoms with Gasteiger partial charge in [-0.25, -0.2) is 0 Å². The van der Waals surface area contributed by atoms with Crippen LogP contribution in [0.2, 0.25) is 0 Å². The third-order valence-electron chi connectivity index (χ3n) is 6.50. The van der Waals surface area contributed by atoms with Crippen molar-refractivity contribution in [3.63, 3.8) is 0 Å². The average molecular weight is 540 g/mol. The number of nitrogens with one attached hydrogen (secondary N) is 1. The first-order chi connectivity index (χ1) is 18.3. The molecule has 39 heavy (non-hydrogen) atoms. The lowest BCUT2D eigenvalue weighted by atomic mass is 9.78. The molecule has 1 amide bonds. The van der Waals surface area contributed by atoms with Gasteiger partial charge in [0.25, 0.3) is 0 Å². The molecule has 2 aromatic rings. The molecule has 0 unspecified atom stereocenters. The number of unbranched alkanes of at least 4 members (excludes halogenated alkanes) is 2. The zero-order chi connectivity index (χ0) is 29.2. The molecule has 2 aromatic carbocycles. The van der Waals surface area contributed by atoms with Gasteiger partial charge in [-0.15, -0.1) is 0 Å². The van der Waals surface area contributed by atoms with E-state index in [2.05, 4.69) is 60.7 Å². The number of carbonyl (C=O) groups is 1. The molecule has 0 radical (unpaired) electrons. The largest absolute Gasteiger partial charge is 0.507 e. The van der Waals surface area contributed by atoms with Crippen LogP contribution in [-0.2, 0) is 22.0 Å². The van der Waals surface area contributed by atoms with E-state index < -0.39 is 0 Å². The highest BCUT2D eigenvalue weighted by Gasteiger charge is 2.26. The molecule has 6 heteroatoms. The number of benzene rings is 2. The molecule has 216 valence electrons. The summed E-state index contributed by atoms with van der Waals surface area (Å²) in [6.07, 6.45) is 7.56. The topological polar surface area (TPSA) is 88.0 Å². The third-order valence-corrected chi connectivity index (χ3v) is 6.50. The van der Waals surface area contributed by atoms with Crippen LogP contribution in [0.3, 0.4) is 0 Å². The van der Waals surface area contributed by atoms with Crippen LogP contribution in [0.5, 0.6) is 23.0 Å². The lowest BCUT2D eigenvalue weighted by molar-refractivity contribution is -0.116. The molecule has 0 aliphatic heterocycles. The van der Waals surface area contributed by atoms with Crippen LogP contribution in [-0.4, -0.2) is 35.9 Å². The molecule has 0 fully saturated rings. The minimum Gasteiger partial charge on any atom is -0.507 e. The highest BCUT2D eigenvalue weighted by atomic mass is 16.5. The summed E-state index contributed by atoms with van der Waals surface area (Å²) in [6.45, 7) is 18.2. The highest BCUT2D eigenvalue weighted by Crippen LogP contribution is 2.40. The van der Waals surface area contributed by atoms with E-state index in [-0.39, 0.29) is 22.5 Å². The van der Waals surface area contributed by atoms with Gasteiger partial charge in [-0.2, -0.15) is 0 Å². The standard InChI is InChI=1S/C33H49NO5/c1-9-11-17-38-27-21-23(22-28(31(27)37)39-18-12-10-2)13-14-29(35)34-16-15-24-19-25(32(3,4)5)30(36)26(20-24)33(6,7)8/h13-14,19-22,36-37H,9-12,15-18H2,1-8H3,(H,34,35)/b14-13+. The summed E-state index contributed by atoms with van der Waals surface area (Å²) in [4.78, 5) is 12.6. The molecule has 0 saturated carbocycles. The minimum atomic E-state index is -0.212. The molecule has 6 nitrogen and oxygen atoms in total. The molecule has 0 atom stereocenters. The Kier molecular flexibility index (Phi) is 11.8. The van der Waals surface area contributed by atoms with E-state index in [0.29, 0.717) is 49.0 Å². The Labute approximate surface area is 235 Å². The van der Waals surface area contributed by atoms with E-state index in [4.69, 9.17) is 9.47 Å². The molecule has 0 heterocycles. The van der Waals surface area contributed by atoms with E-state index in [0.717, 1.165) is 42.4 Å². The fourth-order valence-corrected chi connectivity index (χ4v) is 4.11. The number of phenolic OH excluding ortho intramolecular Hbond substituents is 2. The Hall–Kier alpha value is -3.15. The van der Waals surface area contributed by atoms with Gasteiger partial charge in [-0.1, -0.05) is 80.4 Å². The van der Waals surface area contributed by atoms with Crippen LogP contribution in [0.25, 0.3) is 6.08 Å². The number of aromatic hydroxyl groups is 2. The molecule has 3 N–H and O–H groups in total. The van der Waals surface area contributed by atoms with Crippen molar-refractivity contribution in [2.45, 2.75) is 98.3 Å². The van der Waals surface area contributed by atoms with E-state index in [1.54, 1.807) is 18.2 Å². The highest BCUT2D eigenvalue weighted by molar-refractivity contribution is 5.91. The van der Waals surface area contributed by atoms with Crippen molar-refractivity contribution in [1.82, 2.24) is 5.32 Å². The summed E-state index contributed by atoms with van der Waals surface area (Å²) in [6, 6.07) is 7.53. The summed E-state index contributed by atoms with van der Waals surface area (Å²) < 4.78 is 11.6. The third kappa shape index (κ3) is 9.83. The predicted octanol–water partition coefficient (Wildman–Crippen LogP) is 7.42. The van der Waals surface area contributed by atoms with Crippen LogP contribution < -0.4 is 14.8 Å². The monoisotopic (exact) mass is 539 g/mol. The molecular weight excluding hydrogens is 490 g/mol. The Balaban J connectivity index is 2.13. The zero-order valence-corrected chi connectivity index (χ0v) is 25.2. The maximum Gasteiger partial charge on any atom is 0.244 e. The van der Waals surface area contributed by atoms with E-state index in [9.17, 15) is 15.0 Å². The summed E-state index contributed by atoms with van der Waals surface area (Å²) in [5.74, 6) is 0.844. The van der Waals surface area contributed by atoms with Crippen LogP contribution in [0, 0.1) is 0 Å². The number of carbonyl (C=O) groups excluding carboxylic acids is 1. The van der Waals surface area contributed by atoms with Crippen molar-refractivity contribution >= 4 is 12.0 Å². The zero-order valence-electron chi connectivity index (χ0n) is 25.2. The Bertz CT molecular complexity index is 1060.